The minimum absolute atomic E-state index is 0.0186. The third-order valence-corrected chi connectivity index (χ3v) is 2.94. The van der Waals surface area contributed by atoms with Crippen LogP contribution in [0.3, 0.4) is 0 Å². The molecule has 0 saturated carbocycles. The van der Waals surface area contributed by atoms with Gasteiger partial charge in [0.1, 0.15) is 0 Å². The predicted molar refractivity (Wildman–Crippen MR) is 74.3 cm³/mol. The molecule has 3 heteroatoms. The first kappa shape index (κ1) is 14.7. The molecule has 100 valence electrons. The van der Waals surface area contributed by atoms with Gasteiger partial charge in [0.2, 0.25) is 5.91 Å². The lowest BCUT2D eigenvalue weighted by molar-refractivity contribution is -0.116. The molecule has 1 saturated heterocycles. The molecule has 18 heavy (non-hydrogen) atoms. The van der Waals surface area contributed by atoms with E-state index in [4.69, 9.17) is 4.74 Å². The van der Waals surface area contributed by atoms with Crippen LogP contribution in [0.4, 0.5) is 0 Å². The molecular weight excluding hydrogens is 226 g/mol. The summed E-state index contributed by atoms with van der Waals surface area (Å²) in [5.41, 5.74) is 0. The topological polar surface area (TPSA) is 38.3 Å². The minimum Gasteiger partial charge on any atom is -0.381 e. The van der Waals surface area contributed by atoms with Crippen molar-refractivity contribution in [3.63, 3.8) is 0 Å². The van der Waals surface area contributed by atoms with Gasteiger partial charge in [0.05, 0.1) is 0 Å². The first-order valence-corrected chi connectivity index (χ1v) is 6.62. The highest BCUT2D eigenvalue weighted by Crippen LogP contribution is 2.12. The lowest BCUT2D eigenvalue weighted by Crippen LogP contribution is -2.31. The average molecular weight is 249 g/mol. The van der Waals surface area contributed by atoms with Gasteiger partial charge in [-0.2, -0.15) is 0 Å². The number of allylic oxidation sites excluding steroid dienone is 4. The highest BCUT2D eigenvalue weighted by Gasteiger charge is 2.13. The van der Waals surface area contributed by atoms with Gasteiger partial charge in [-0.15, -0.1) is 6.58 Å². The van der Waals surface area contributed by atoms with Crippen molar-refractivity contribution >= 4 is 5.91 Å². The smallest absolute Gasteiger partial charge is 0.243 e. The van der Waals surface area contributed by atoms with Crippen LogP contribution < -0.4 is 5.32 Å². The van der Waals surface area contributed by atoms with Gasteiger partial charge in [-0.25, -0.2) is 0 Å². The second kappa shape index (κ2) is 9.66. The number of ether oxygens (including phenoxy) is 1. The molecule has 0 atom stereocenters. The first-order valence-electron chi connectivity index (χ1n) is 6.62. The van der Waals surface area contributed by atoms with Crippen LogP contribution in [0.1, 0.15) is 25.7 Å². The van der Waals surface area contributed by atoms with Crippen molar-refractivity contribution in [1.82, 2.24) is 5.32 Å². The summed E-state index contributed by atoms with van der Waals surface area (Å²) in [7, 11) is 0. The number of hydrogen-bond acceptors (Lipinski definition) is 2. The van der Waals surface area contributed by atoms with Crippen LogP contribution in [-0.4, -0.2) is 25.7 Å². The Morgan fingerprint density at radius 3 is 2.78 bits per heavy atom. The Kier molecular flexibility index (Phi) is 7.89. The van der Waals surface area contributed by atoms with E-state index in [1.165, 1.54) is 0 Å². The van der Waals surface area contributed by atoms with Crippen molar-refractivity contribution in [1.29, 1.82) is 0 Å². The van der Waals surface area contributed by atoms with Crippen molar-refractivity contribution in [3.8, 4) is 0 Å². The molecule has 1 rings (SSSR count). The van der Waals surface area contributed by atoms with Gasteiger partial charge in [0.15, 0.2) is 0 Å². The van der Waals surface area contributed by atoms with E-state index in [9.17, 15) is 4.79 Å². The van der Waals surface area contributed by atoms with E-state index >= 15 is 0 Å². The molecule has 0 unspecified atom stereocenters. The molecule has 1 aliphatic rings. The third-order valence-electron chi connectivity index (χ3n) is 2.94. The zero-order chi connectivity index (χ0) is 13.1. The molecule has 0 aliphatic carbocycles. The summed E-state index contributed by atoms with van der Waals surface area (Å²) in [6, 6.07) is 0. The van der Waals surface area contributed by atoms with Crippen molar-refractivity contribution in [2.45, 2.75) is 25.7 Å². The number of rotatable bonds is 7. The normalized spacial score (nSPS) is 17.3. The van der Waals surface area contributed by atoms with Crippen LogP contribution in [0.5, 0.6) is 0 Å². The fraction of sp³-hybridized carbons (Fsp3) is 0.533. The summed E-state index contributed by atoms with van der Waals surface area (Å²) in [6.45, 7) is 6.05. The van der Waals surface area contributed by atoms with Crippen LogP contribution in [-0.2, 0) is 9.53 Å². The molecule has 1 heterocycles. The third kappa shape index (κ3) is 7.07. The van der Waals surface area contributed by atoms with Gasteiger partial charge in [-0.05, 0) is 31.6 Å². The maximum absolute atomic E-state index is 11.5. The second-order valence-electron chi connectivity index (χ2n) is 4.45. The molecule has 1 N–H and O–H groups in total. The lowest BCUT2D eigenvalue weighted by atomic mass is 10.0. The molecular formula is C15H23NO2. The van der Waals surface area contributed by atoms with Crippen molar-refractivity contribution < 1.29 is 9.53 Å². The summed E-state index contributed by atoms with van der Waals surface area (Å²) in [4.78, 5) is 11.5. The standard InChI is InChI=1S/C15H23NO2/c1-2-3-4-5-6-7-8-15(17)16-13-14-9-11-18-12-10-14/h2,5-8,14H,1,3-4,9-13H2,(H,16,17)/b6-5+,8-7+. The van der Waals surface area contributed by atoms with E-state index in [0.717, 1.165) is 45.4 Å². The lowest BCUT2D eigenvalue weighted by Gasteiger charge is -2.21. The summed E-state index contributed by atoms with van der Waals surface area (Å²) >= 11 is 0. The summed E-state index contributed by atoms with van der Waals surface area (Å²) in [5.74, 6) is 0.550. The minimum atomic E-state index is -0.0186. The zero-order valence-corrected chi connectivity index (χ0v) is 10.9. The molecule has 0 bridgehead atoms. The summed E-state index contributed by atoms with van der Waals surface area (Å²) < 4.78 is 5.28. The van der Waals surface area contributed by atoms with E-state index < -0.39 is 0 Å². The first-order chi connectivity index (χ1) is 8.83. The number of nitrogens with one attached hydrogen (secondary N) is 1. The van der Waals surface area contributed by atoms with Gasteiger partial charge >= 0.3 is 0 Å². The van der Waals surface area contributed by atoms with Gasteiger partial charge in [-0.1, -0.05) is 24.3 Å². The summed E-state index contributed by atoms with van der Waals surface area (Å²) in [6.07, 6.45) is 13.2. The van der Waals surface area contributed by atoms with E-state index in [1.54, 1.807) is 12.2 Å². The highest BCUT2D eigenvalue weighted by molar-refractivity contribution is 5.87. The number of carbonyl (C=O) groups excluding carboxylic acids is 1. The van der Waals surface area contributed by atoms with Crippen LogP contribution >= 0.6 is 0 Å². The Hall–Kier alpha value is -1.35. The Morgan fingerprint density at radius 1 is 1.28 bits per heavy atom. The fourth-order valence-electron chi connectivity index (χ4n) is 1.79. The molecule has 0 aromatic carbocycles. The zero-order valence-electron chi connectivity index (χ0n) is 10.9. The number of carbonyl (C=O) groups is 1. The van der Waals surface area contributed by atoms with E-state index in [2.05, 4.69) is 11.9 Å². The Labute approximate surface area is 110 Å². The van der Waals surface area contributed by atoms with Crippen molar-refractivity contribution in [3.05, 3.63) is 37.0 Å². The predicted octanol–water partition coefficient (Wildman–Crippen LogP) is 2.61. The SMILES string of the molecule is C=CCC/C=C/C=C/C(=O)NCC1CCOCC1. The van der Waals surface area contributed by atoms with Gasteiger partial charge in [-0.3, -0.25) is 4.79 Å². The van der Waals surface area contributed by atoms with Crippen LogP contribution in [0.2, 0.25) is 0 Å². The van der Waals surface area contributed by atoms with Crippen LogP contribution in [0, 0.1) is 5.92 Å². The van der Waals surface area contributed by atoms with Gasteiger partial charge in [0.25, 0.3) is 0 Å². The quantitative estimate of drug-likeness (QED) is 0.326. The molecule has 0 aromatic rings. The maximum Gasteiger partial charge on any atom is 0.243 e. The highest BCUT2D eigenvalue weighted by atomic mass is 16.5. The molecule has 1 aliphatic heterocycles. The van der Waals surface area contributed by atoms with Crippen LogP contribution in [0.25, 0.3) is 0 Å². The van der Waals surface area contributed by atoms with Gasteiger partial charge in [0, 0.05) is 25.8 Å². The number of hydrogen-bond donors (Lipinski definition) is 1. The molecule has 3 nitrogen and oxygen atoms in total. The molecule has 0 spiro atoms. The molecule has 0 aromatic heterocycles. The summed E-state index contributed by atoms with van der Waals surface area (Å²) in [5, 5.41) is 2.92. The van der Waals surface area contributed by atoms with Crippen molar-refractivity contribution in [2.24, 2.45) is 5.92 Å². The molecule has 1 fully saturated rings. The Balaban J connectivity index is 2.10. The van der Waals surface area contributed by atoms with Crippen LogP contribution in [0.15, 0.2) is 37.0 Å². The molecule has 1 amide bonds. The Bertz CT molecular complexity index is 302. The molecule has 0 radical (unpaired) electrons. The second-order valence-corrected chi connectivity index (χ2v) is 4.45. The average Bonchev–Trinajstić information content (AvgIpc) is 2.41. The maximum atomic E-state index is 11.5. The largest absolute Gasteiger partial charge is 0.381 e. The van der Waals surface area contributed by atoms with Crippen molar-refractivity contribution in [2.75, 3.05) is 19.8 Å². The van der Waals surface area contributed by atoms with E-state index in [0.29, 0.717) is 5.92 Å². The van der Waals surface area contributed by atoms with Gasteiger partial charge < -0.3 is 10.1 Å². The Morgan fingerprint density at radius 2 is 2.06 bits per heavy atom. The monoisotopic (exact) mass is 249 g/mol. The number of amides is 1. The number of unbranched alkanes of at least 4 members (excludes halogenated alkanes) is 1. The van der Waals surface area contributed by atoms with E-state index in [1.807, 2.05) is 18.2 Å². The van der Waals surface area contributed by atoms with E-state index in [-0.39, 0.29) is 5.91 Å². The fourth-order valence-corrected chi connectivity index (χ4v) is 1.79.